The topological polar surface area (TPSA) is 46.2 Å². The molecule has 2 heteroatoms. The van der Waals surface area contributed by atoms with Crippen molar-refractivity contribution in [3.05, 3.63) is 29.8 Å². The second-order valence-corrected chi connectivity index (χ2v) is 1.70. The molecule has 9 heavy (non-hydrogen) atoms. The van der Waals surface area contributed by atoms with Crippen LogP contribution >= 0.6 is 0 Å². The first-order valence-electron chi connectivity index (χ1n) is 3.59. The van der Waals surface area contributed by atoms with Crippen molar-refractivity contribution in [3.63, 3.8) is 0 Å². The smallest absolute Gasteiger partial charge is 0.0701 e. The van der Waals surface area contributed by atoms with Gasteiger partial charge in [0.25, 0.3) is 0 Å². The second kappa shape index (κ2) is 2.51. The molecule has 0 aromatic heterocycles. The van der Waals surface area contributed by atoms with Crippen molar-refractivity contribution in [3.8, 4) is 0 Å². The molecule has 48 valence electrons. The largest absolute Gasteiger partial charge is 0.398 e. The zero-order valence-electron chi connectivity index (χ0n) is 6.83. The fourth-order valence-electron chi connectivity index (χ4n) is 0.599. The predicted octanol–water partition coefficient (Wildman–Crippen LogP) is 0.761. The summed E-state index contributed by atoms with van der Waals surface area (Å²) < 4.78 is 13.9. The van der Waals surface area contributed by atoms with Crippen LogP contribution in [-0.4, -0.2) is 5.11 Å². The number of benzene rings is 1. The number of nitrogen functional groups attached to an aromatic ring is 1. The Morgan fingerprint density at radius 2 is 2.22 bits per heavy atom. The monoisotopic (exact) mass is 125 g/mol. The summed E-state index contributed by atoms with van der Waals surface area (Å²) in [5.74, 6) is 0. The van der Waals surface area contributed by atoms with Crippen molar-refractivity contribution in [2.45, 2.75) is 6.56 Å². The molecule has 1 aromatic carbocycles. The van der Waals surface area contributed by atoms with Gasteiger partial charge in [-0.3, -0.25) is 0 Å². The summed E-state index contributed by atoms with van der Waals surface area (Å²) in [4.78, 5) is 0. The van der Waals surface area contributed by atoms with E-state index in [0.29, 0.717) is 0 Å². The molecule has 0 atom stereocenters. The maximum absolute atomic E-state index is 8.92. The Labute approximate surface area is 56.7 Å². The molecule has 0 spiro atoms. The molecule has 0 aliphatic carbocycles. The van der Waals surface area contributed by atoms with Gasteiger partial charge in [-0.1, -0.05) is 18.2 Å². The Bertz CT molecular complexity index is 257. The van der Waals surface area contributed by atoms with Gasteiger partial charge in [-0.15, -0.1) is 0 Å². The van der Waals surface area contributed by atoms with Crippen LogP contribution in [0.3, 0.4) is 0 Å². The molecule has 0 aliphatic heterocycles. The van der Waals surface area contributed by atoms with E-state index < -0.39 is 6.56 Å². The van der Waals surface area contributed by atoms with Crippen molar-refractivity contribution < 1.29 is 7.85 Å². The third-order valence-corrected chi connectivity index (χ3v) is 1.08. The third-order valence-electron chi connectivity index (χ3n) is 1.08. The molecule has 1 aromatic rings. The molecule has 1 rings (SSSR count). The van der Waals surface area contributed by atoms with Crippen molar-refractivity contribution in [2.75, 3.05) is 5.73 Å². The lowest BCUT2D eigenvalue weighted by Crippen LogP contribution is -1.91. The molecule has 0 unspecified atom stereocenters. The van der Waals surface area contributed by atoms with Gasteiger partial charge in [0.2, 0.25) is 0 Å². The SMILES string of the molecule is [2H]C([2H])(O)c1ccccc1N. The Kier molecular flexibility index (Phi) is 1.09. The van der Waals surface area contributed by atoms with Crippen LogP contribution in [0, 0.1) is 0 Å². The highest BCUT2D eigenvalue weighted by molar-refractivity contribution is 5.45. The molecule has 3 N–H and O–H groups in total. The number of hydrogen-bond donors (Lipinski definition) is 2. The van der Waals surface area contributed by atoms with Gasteiger partial charge in [0.15, 0.2) is 0 Å². The molecule has 0 radical (unpaired) electrons. The lowest BCUT2D eigenvalue weighted by Gasteiger charge is -1.97. The zero-order chi connectivity index (χ0) is 8.48. The predicted molar refractivity (Wildman–Crippen MR) is 36.8 cm³/mol. The lowest BCUT2D eigenvalue weighted by molar-refractivity contribution is 0.282. The van der Waals surface area contributed by atoms with E-state index in [1.54, 1.807) is 18.2 Å². The maximum Gasteiger partial charge on any atom is 0.0701 e. The fraction of sp³-hybridized carbons (Fsp3) is 0.143. The van der Waals surface area contributed by atoms with Crippen LogP contribution in [0.2, 0.25) is 0 Å². The number of rotatable bonds is 1. The van der Waals surface area contributed by atoms with Crippen LogP contribution in [0.4, 0.5) is 5.69 Å². The van der Waals surface area contributed by atoms with Gasteiger partial charge < -0.3 is 10.8 Å². The van der Waals surface area contributed by atoms with Crippen LogP contribution in [0.25, 0.3) is 0 Å². The summed E-state index contributed by atoms with van der Waals surface area (Å²) in [5, 5.41) is 8.92. The summed E-state index contributed by atoms with van der Waals surface area (Å²) >= 11 is 0. The van der Waals surface area contributed by atoms with Crippen LogP contribution in [0.5, 0.6) is 0 Å². The Balaban J connectivity index is 3.14. The second-order valence-electron chi connectivity index (χ2n) is 1.70. The van der Waals surface area contributed by atoms with E-state index in [2.05, 4.69) is 0 Å². The van der Waals surface area contributed by atoms with Gasteiger partial charge >= 0.3 is 0 Å². The maximum atomic E-state index is 8.92. The van der Waals surface area contributed by atoms with Gasteiger partial charge in [-0.25, -0.2) is 0 Å². The summed E-state index contributed by atoms with van der Waals surface area (Å²) in [6.07, 6.45) is 0. The van der Waals surface area contributed by atoms with Gasteiger partial charge in [0.05, 0.1) is 9.30 Å². The number of nitrogens with two attached hydrogens (primary N) is 1. The van der Waals surface area contributed by atoms with E-state index in [1.165, 1.54) is 6.07 Å². The minimum Gasteiger partial charge on any atom is -0.398 e. The van der Waals surface area contributed by atoms with Crippen molar-refractivity contribution in [1.29, 1.82) is 0 Å². The number of para-hydroxylation sites is 1. The quantitative estimate of drug-likeness (QED) is 0.544. The average Bonchev–Trinajstić information content (AvgIpc) is 1.86. The summed E-state index contributed by atoms with van der Waals surface area (Å²) in [6, 6.07) is 6.31. The van der Waals surface area contributed by atoms with Crippen LogP contribution in [0.1, 0.15) is 8.30 Å². The van der Waals surface area contributed by atoms with E-state index in [-0.39, 0.29) is 11.3 Å². The van der Waals surface area contributed by atoms with Crippen molar-refractivity contribution in [2.24, 2.45) is 0 Å². The average molecular weight is 125 g/mol. The third kappa shape index (κ3) is 1.21. The standard InChI is InChI=1S/C7H9NO/c8-7-4-2-1-3-6(7)5-9/h1-4,9H,5,8H2/i5D2. The van der Waals surface area contributed by atoms with Crippen molar-refractivity contribution in [1.82, 2.24) is 0 Å². The molecule has 0 aliphatic rings. The normalized spacial score (nSPS) is 14.3. The highest BCUT2D eigenvalue weighted by atomic mass is 16.3. The molecule has 0 saturated heterocycles. The fourth-order valence-corrected chi connectivity index (χ4v) is 0.599. The highest BCUT2D eigenvalue weighted by Crippen LogP contribution is 2.08. The van der Waals surface area contributed by atoms with E-state index in [9.17, 15) is 0 Å². The molecular weight excluding hydrogens is 114 g/mol. The number of anilines is 1. The minimum absolute atomic E-state index is 0.111. The van der Waals surface area contributed by atoms with Gasteiger partial charge in [0, 0.05) is 11.3 Å². The van der Waals surface area contributed by atoms with Crippen molar-refractivity contribution >= 4 is 5.69 Å². The van der Waals surface area contributed by atoms with Gasteiger partial charge in [0.1, 0.15) is 0 Å². The van der Waals surface area contributed by atoms with Gasteiger partial charge in [-0.05, 0) is 6.07 Å². The first-order valence-corrected chi connectivity index (χ1v) is 2.59. The summed E-state index contributed by atoms with van der Waals surface area (Å²) in [5.41, 5.74) is 5.78. The molecule has 2 nitrogen and oxygen atoms in total. The molecule has 0 heterocycles. The van der Waals surface area contributed by atoms with E-state index in [0.717, 1.165) is 0 Å². The summed E-state index contributed by atoms with van der Waals surface area (Å²) in [7, 11) is 0. The first-order chi connectivity index (χ1) is 5.02. The van der Waals surface area contributed by atoms with E-state index in [1.807, 2.05) is 0 Å². The van der Waals surface area contributed by atoms with E-state index >= 15 is 0 Å². The Hall–Kier alpha value is -1.02. The number of hydrogen-bond acceptors (Lipinski definition) is 2. The number of aliphatic hydroxyl groups is 1. The Morgan fingerprint density at radius 1 is 1.56 bits per heavy atom. The Morgan fingerprint density at radius 3 is 2.67 bits per heavy atom. The molecular formula is C7H9NO. The minimum atomic E-state index is -2.34. The summed E-state index contributed by atoms with van der Waals surface area (Å²) in [6.45, 7) is -2.34. The molecule has 0 amide bonds. The first kappa shape index (κ1) is 3.90. The zero-order valence-corrected chi connectivity index (χ0v) is 4.83. The highest BCUT2D eigenvalue weighted by Gasteiger charge is 1.91. The molecule has 0 fully saturated rings. The van der Waals surface area contributed by atoms with Crippen LogP contribution in [-0.2, 0) is 6.56 Å². The van der Waals surface area contributed by atoms with Crippen LogP contribution < -0.4 is 5.73 Å². The molecule has 0 saturated carbocycles. The van der Waals surface area contributed by atoms with E-state index in [4.69, 9.17) is 13.6 Å². The van der Waals surface area contributed by atoms with Crippen LogP contribution in [0.15, 0.2) is 24.3 Å². The molecule has 0 bridgehead atoms. The lowest BCUT2D eigenvalue weighted by atomic mass is 10.2. The van der Waals surface area contributed by atoms with Gasteiger partial charge in [-0.2, -0.15) is 0 Å².